The van der Waals surface area contributed by atoms with E-state index >= 15 is 0 Å². The van der Waals surface area contributed by atoms with Gasteiger partial charge in [-0.05, 0) is 43.2 Å². The summed E-state index contributed by atoms with van der Waals surface area (Å²) in [7, 11) is 0. The molecule has 1 atom stereocenters. The number of hydrogen-bond acceptors (Lipinski definition) is 6. The van der Waals surface area contributed by atoms with Crippen LogP contribution in [0.4, 0.5) is 0 Å². The molecule has 3 N–H and O–H groups in total. The number of carbonyl (C=O) groups is 3. The maximum atomic E-state index is 13.1. The third-order valence-corrected chi connectivity index (χ3v) is 7.20. The average molecular weight is 467 g/mol. The van der Waals surface area contributed by atoms with Crippen LogP contribution in [0.3, 0.4) is 0 Å². The van der Waals surface area contributed by atoms with E-state index in [9.17, 15) is 14.4 Å². The number of nitrogens with two attached hydrogens (primary N) is 1. The van der Waals surface area contributed by atoms with E-state index in [0.717, 1.165) is 44.9 Å². The highest BCUT2D eigenvalue weighted by Gasteiger charge is 2.34. The molecule has 0 bridgehead atoms. The minimum absolute atomic E-state index is 0.0642. The van der Waals surface area contributed by atoms with Crippen molar-refractivity contribution < 1.29 is 18.8 Å². The van der Waals surface area contributed by atoms with Gasteiger partial charge in [-0.1, -0.05) is 51.4 Å². The summed E-state index contributed by atoms with van der Waals surface area (Å²) in [5.41, 5.74) is 6.89. The number of hydrogen-bond donors (Lipinski definition) is 2. The summed E-state index contributed by atoms with van der Waals surface area (Å²) in [4.78, 5) is 46.8. The van der Waals surface area contributed by atoms with Gasteiger partial charge in [-0.15, -0.1) is 0 Å². The highest BCUT2D eigenvalue weighted by molar-refractivity contribution is 6.03. The number of pyridine rings is 1. The van der Waals surface area contributed by atoms with Crippen LogP contribution in [-0.4, -0.2) is 34.1 Å². The lowest BCUT2D eigenvalue weighted by atomic mass is 9.79. The number of amides is 2. The fourth-order valence-electron chi connectivity index (χ4n) is 5.39. The summed E-state index contributed by atoms with van der Waals surface area (Å²) < 4.78 is 5.92. The minimum atomic E-state index is -0.907. The van der Waals surface area contributed by atoms with Crippen molar-refractivity contribution in [3.05, 3.63) is 36.0 Å². The standard InChI is InChI=1S/C26H34N4O4/c27-24(32)22(18-10-5-2-6-11-18)25(33)29-16-21(31)23-20(14-17-8-3-1-4-9-17)30-26(34-23)19-12-7-13-28-15-19/h7,12-13,15,17-18,22H,1-6,8-11,14,16H2,(H2,27,32)(H,29,33). The highest BCUT2D eigenvalue weighted by atomic mass is 16.4. The molecule has 34 heavy (non-hydrogen) atoms. The van der Waals surface area contributed by atoms with Crippen LogP contribution in [0, 0.1) is 17.8 Å². The maximum Gasteiger partial charge on any atom is 0.233 e. The van der Waals surface area contributed by atoms with Crippen molar-refractivity contribution in [3.63, 3.8) is 0 Å². The van der Waals surface area contributed by atoms with Crippen molar-refractivity contribution in [2.75, 3.05) is 6.54 Å². The molecular weight excluding hydrogens is 432 g/mol. The molecule has 4 rings (SSSR count). The first-order valence-corrected chi connectivity index (χ1v) is 12.5. The number of carbonyl (C=O) groups excluding carboxylic acids is 3. The van der Waals surface area contributed by atoms with Gasteiger partial charge in [-0.25, -0.2) is 4.98 Å². The second kappa shape index (κ2) is 11.4. The Morgan fingerprint density at radius 2 is 1.76 bits per heavy atom. The zero-order valence-electron chi connectivity index (χ0n) is 19.6. The Morgan fingerprint density at radius 3 is 2.41 bits per heavy atom. The Kier molecular flexibility index (Phi) is 8.08. The Hall–Kier alpha value is -3.03. The average Bonchev–Trinajstić information content (AvgIpc) is 3.28. The van der Waals surface area contributed by atoms with Crippen LogP contribution in [0.1, 0.15) is 80.5 Å². The molecule has 1 unspecified atom stereocenters. The molecule has 0 saturated heterocycles. The van der Waals surface area contributed by atoms with Gasteiger partial charge in [0.25, 0.3) is 0 Å². The molecule has 2 aliphatic carbocycles. The Balaban J connectivity index is 1.48. The van der Waals surface area contributed by atoms with Crippen LogP contribution in [0.5, 0.6) is 0 Å². The number of Topliss-reactive ketones (excluding diaryl/α,β-unsaturated/α-hetero) is 1. The zero-order chi connectivity index (χ0) is 23.9. The number of rotatable bonds is 9. The molecule has 2 amide bonds. The monoisotopic (exact) mass is 466 g/mol. The van der Waals surface area contributed by atoms with E-state index in [-0.39, 0.29) is 24.0 Å². The summed E-state index contributed by atoms with van der Waals surface area (Å²) in [6, 6.07) is 3.62. The lowest BCUT2D eigenvalue weighted by Gasteiger charge is -2.27. The fourth-order valence-corrected chi connectivity index (χ4v) is 5.39. The van der Waals surface area contributed by atoms with Crippen molar-refractivity contribution >= 4 is 17.6 Å². The lowest BCUT2D eigenvalue weighted by Crippen LogP contribution is -2.45. The molecule has 182 valence electrons. The SMILES string of the molecule is NC(=O)C(C(=O)NCC(=O)c1oc(-c2cccnc2)nc1CC1CCCCC1)C1CCCCC1. The topological polar surface area (TPSA) is 128 Å². The molecular formula is C26H34N4O4. The Morgan fingerprint density at radius 1 is 1.06 bits per heavy atom. The van der Waals surface area contributed by atoms with E-state index in [0.29, 0.717) is 29.5 Å². The van der Waals surface area contributed by atoms with E-state index < -0.39 is 17.7 Å². The van der Waals surface area contributed by atoms with Gasteiger partial charge in [-0.3, -0.25) is 19.4 Å². The van der Waals surface area contributed by atoms with E-state index in [1.807, 2.05) is 6.07 Å². The molecule has 0 aromatic carbocycles. The molecule has 8 heteroatoms. The smallest absolute Gasteiger partial charge is 0.233 e. The molecule has 2 aliphatic rings. The van der Waals surface area contributed by atoms with Crippen molar-refractivity contribution in [3.8, 4) is 11.5 Å². The van der Waals surface area contributed by atoms with Gasteiger partial charge < -0.3 is 15.5 Å². The number of primary amides is 1. The van der Waals surface area contributed by atoms with E-state index in [1.54, 1.807) is 18.5 Å². The predicted molar refractivity (Wildman–Crippen MR) is 127 cm³/mol. The number of aromatic nitrogens is 2. The second-order valence-electron chi connectivity index (χ2n) is 9.66. The van der Waals surface area contributed by atoms with Crippen molar-refractivity contribution in [2.24, 2.45) is 23.5 Å². The molecule has 2 aromatic heterocycles. The van der Waals surface area contributed by atoms with E-state index in [4.69, 9.17) is 10.2 Å². The lowest BCUT2D eigenvalue weighted by molar-refractivity contribution is -0.136. The third kappa shape index (κ3) is 5.90. The Labute approximate surface area is 200 Å². The number of ketones is 1. The molecule has 0 aliphatic heterocycles. The first kappa shape index (κ1) is 24.1. The van der Waals surface area contributed by atoms with Gasteiger partial charge in [0.15, 0.2) is 5.76 Å². The van der Waals surface area contributed by atoms with Crippen molar-refractivity contribution in [1.82, 2.24) is 15.3 Å². The second-order valence-corrected chi connectivity index (χ2v) is 9.66. The summed E-state index contributed by atoms with van der Waals surface area (Å²) in [6.45, 7) is -0.255. The van der Waals surface area contributed by atoms with Crippen LogP contribution in [0.15, 0.2) is 28.9 Å². The summed E-state index contributed by atoms with van der Waals surface area (Å²) in [6.07, 6.45) is 14.5. The third-order valence-electron chi connectivity index (χ3n) is 7.20. The molecule has 2 fully saturated rings. The van der Waals surface area contributed by atoms with Gasteiger partial charge in [0.05, 0.1) is 17.8 Å². The molecule has 2 aromatic rings. The van der Waals surface area contributed by atoms with Crippen LogP contribution >= 0.6 is 0 Å². The normalized spacial score (nSPS) is 18.4. The van der Waals surface area contributed by atoms with Crippen LogP contribution in [0.25, 0.3) is 11.5 Å². The van der Waals surface area contributed by atoms with Crippen molar-refractivity contribution in [1.29, 1.82) is 0 Å². The van der Waals surface area contributed by atoms with E-state index in [1.165, 1.54) is 19.3 Å². The zero-order valence-corrected chi connectivity index (χ0v) is 19.6. The quantitative estimate of drug-likeness (QED) is 0.427. The molecule has 8 nitrogen and oxygen atoms in total. The summed E-state index contributed by atoms with van der Waals surface area (Å²) in [5, 5.41) is 2.65. The van der Waals surface area contributed by atoms with Crippen molar-refractivity contribution in [2.45, 2.75) is 70.6 Å². The summed E-state index contributed by atoms with van der Waals surface area (Å²) >= 11 is 0. The minimum Gasteiger partial charge on any atom is -0.433 e. The van der Waals surface area contributed by atoms with Crippen LogP contribution in [0.2, 0.25) is 0 Å². The summed E-state index contributed by atoms with van der Waals surface area (Å²) in [5.74, 6) is -1.44. The predicted octanol–water partition coefficient (Wildman–Crippen LogP) is 3.84. The van der Waals surface area contributed by atoms with Gasteiger partial charge in [0.2, 0.25) is 23.5 Å². The fraction of sp³-hybridized carbons (Fsp3) is 0.577. The van der Waals surface area contributed by atoms with Gasteiger partial charge in [0.1, 0.15) is 5.92 Å². The molecule has 2 saturated carbocycles. The van der Waals surface area contributed by atoms with Gasteiger partial charge in [0, 0.05) is 12.4 Å². The molecule has 0 spiro atoms. The molecule has 2 heterocycles. The van der Waals surface area contributed by atoms with E-state index in [2.05, 4.69) is 15.3 Å². The van der Waals surface area contributed by atoms with Gasteiger partial charge >= 0.3 is 0 Å². The largest absolute Gasteiger partial charge is 0.433 e. The maximum absolute atomic E-state index is 13.1. The first-order valence-electron chi connectivity index (χ1n) is 12.5. The number of nitrogens with one attached hydrogen (secondary N) is 1. The van der Waals surface area contributed by atoms with Crippen LogP contribution in [-0.2, 0) is 16.0 Å². The number of nitrogens with zero attached hydrogens (tertiary/aromatic N) is 2. The van der Waals surface area contributed by atoms with Gasteiger partial charge in [-0.2, -0.15) is 0 Å². The first-order chi connectivity index (χ1) is 16.5. The highest BCUT2D eigenvalue weighted by Crippen LogP contribution is 2.31. The Bertz CT molecular complexity index is 991. The number of oxazole rings is 1. The molecule has 0 radical (unpaired) electrons. The van der Waals surface area contributed by atoms with Crippen LogP contribution < -0.4 is 11.1 Å².